The van der Waals surface area contributed by atoms with Crippen LogP contribution in [0.25, 0.3) is 0 Å². The zero-order valence-corrected chi connectivity index (χ0v) is 12.4. The first-order chi connectivity index (χ1) is 9.08. The number of alkyl carbamates (subject to hydrolysis) is 1. The maximum absolute atomic E-state index is 12.8. The SMILES string of the molecule is CCC(NC(=O)OC(C)C(C)(C)C)(C(F)(F)F)C(F)(F)F. The Balaban J connectivity index is 5.32. The van der Waals surface area contributed by atoms with E-state index in [1.165, 1.54) is 6.92 Å². The van der Waals surface area contributed by atoms with Gasteiger partial charge in [-0.05, 0) is 18.8 Å². The highest BCUT2D eigenvalue weighted by atomic mass is 19.4. The molecule has 0 saturated carbocycles. The molecule has 1 unspecified atom stereocenters. The molecule has 0 rings (SSSR count). The van der Waals surface area contributed by atoms with Gasteiger partial charge < -0.3 is 4.74 Å². The first kappa shape index (κ1) is 19.9. The summed E-state index contributed by atoms with van der Waals surface area (Å²) in [5.41, 5.74) is -4.95. The highest BCUT2D eigenvalue weighted by Crippen LogP contribution is 2.45. The fourth-order valence-corrected chi connectivity index (χ4v) is 1.33. The van der Waals surface area contributed by atoms with Crippen LogP contribution in [0.4, 0.5) is 31.1 Å². The van der Waals surface area contributed by atoms with Crippen LogP contribution in [0.2, 0.25) is 0 Å². The molecular formula is C12H19F6NO2. The second kappa shape index (κ2) is 5.92. The smallest absolute Gasteiger partial charge is 0.420 e. The molecule has 0 bridgehead atoms. The van der Waals surface area contributed by atoms with Gasteiger partial charge >= 0.3 is 18.4 Å². The molecule has 0 aromatic carbocycles. The van der Waals surface area contributed by atoms with Crippen LogP contribution in [-0.2, 0) is 4.74 Å². The molecule has 0 aromatic heterocycles. The Kier molecular flexibility index (Phi) is 5.60. The summed E-state index contributed by atoms with van der Waals surface area (Å²) in [5.74, 6) is 0. The van der Waals surface area contributed by atoms with E-state index in [1.807, 2.05) is 0 Å². The summed E-state index contributed by atoms with van der Waals surface area (Å²) in [6.07, 6.45) is -15.4. The maximum Gasteiger partial charge on any atom is 0.420 e. The molecule has 21 heavy (non-hydrogen) atoms. The third-order valence-electron chi connectivity index (χ3n) is 3.32. The Morgan fingerprint density at radius 3 is 1.67 bits per heavy atom. The van der Waals surface area contributed by atoms with Gasteiger partial charge in [0.05, 0.1) is 0 Å². The molecule has 0 aliphatic carbocycles. The van der Waals surface area contributed by atoms with Crippen LogP contribution in [-0.4, -0.2) is 30.1 Å². The molecule has 0 aliphatic heterocycles. The minimum Gasteiger partial charge on any atom is -0.446 e. The van der Waals surface area contributed by atoms with E-state index >= 15 is 0 Å². The first-order valence-electron chi connectivity index (χ1n) is 6.20. The van der Waals surface area contributed by atoms with Crippen molar-refractivity contribution in [2.45, 2.75) is 65.0 Å². The average molecular weight is 323 g/mol. The van der Waals surface area contributed by atoms with Gasteiger partial charge in [-0.1, -0.05) is 27.7 Å². The summed E-state index contributed by atoms with van der Waals surface area (Å²) >= 11 is 0. The zero-order chi connectivity index (χ0) is 17.3. The molecule has 1 atom stereocenters. The molecular weight excluding hydrogens is 304 g/mol. The molecule has 1 amide bonds. The van der Waals surface area contributed by atoms with Crippen molar-refractivity contribution in [2.24, 2.45) is 5.41 Å². The van der Waals surface area contributed by atoms with Crippen molar-refractivity contribution in [2.75, 3.05) is 0 Å². The molecule has 0 spiro atoms. The molecule has 3 nitrogen and oxygen atoms in total. The van der Waals surface area contributed by atoms with Crippen molar-refractivity contribution in [3.05, 3.63) is 0 Å². The lowest BCUT2D eigenvalue weighted by atomic mass is 9.90. The lowest BCUT2D eigenvalue weighted by molar-refractivity contribution is -0.305. The van der Waals surface area contributed by atoms with Crippen LogP contribution in [0.15, 0.2) is 0 Å². The largest absolute Gasteiger partial charge is 0.446 e. The summed E-state index contributed by atoms with van der Waals surface area (Å²) in [6, 6.07) is 0. The molecule has 0 aromatic rings. The van der Waals surface area contributed by atoms with Crippen LogP contribution >= 0.6 is 0 Å². The predicted molar refractivity (Wildman–Crippen MR) is 63.7 cm³/mol. The highest BCUT2D eigenvalue weighted by Gasteiger charge is 2.71. The second-order valence-electron chi connectivity index (χ2n) is 5.79. The van der Waals surface area contributed by atoms with E-state index in [9.17, 15) is 31.1 Å². The number of halogens is 6. The number of alkyl halides is 6. The standard InChI is InChI=1S/C12H19F6NO2/c1-6-10(11(13,14)15,12(16,17)18)19-8(20)21-7(2)9(3,4)5/h7H,6H2,1-5H3,(H,19,20). The van der Waals surface area contributed by atoms with Crippen molar-refractivity contribution >= 4 is 6.09 Å². The molecule has 0 heterocycles. The quantitative estimate of drug-likeness (QED) is 0.781. The molecule has 1 N–H and O–H groups in total. The lowest BCUT2D eigenvalue weighted by Gasteiger charge is -2.37. The average Bonchev–Trinajstić information content (AvgIpc) is 2.20. The van der Waals surface area contributed by atoms with Gasteiger partial charge in [0.2, 0.25) is 5.54 Å². The predicted octanol–water partition coefficient (Wildman–Crippen LogP) is 4.42. The Labute approximate surface area is 119 Å². The Morgan fingerprint density at radius 2 is 1.43 bits per heavy atom. The minimum absolute atomic E-state index is 0.622. The van der Waals surface area contributed by atoms with E-state index < -0.39 is 41.9 Å². The Morgan fingerprint density at radius 1 is 1.05 bits per heavy atom. The van der Waals surface area contributed by atoms with Crippen molar-refractivity contribution in [1.82, 2.24) is 5.32 Å². The summed E-state index contributed by atoms with van der Waals surface area (Å²) < 4.78 is 81.5. The van der Waals surface area contributed by atoms with E-state index in [0.717, 1.165) is 5.32 Å². The van der Waals surface area contributed by atoms with Crippen molar-refractivity contribution in [1.29, 1.82) is 0 Å². The third kappa shape index (κ3) is 4.41. The monoisotopic (exact) mass is 323 g/mol. The third-order valence-corrected chi connectivity index (χ3v) is 3.32. The van der Waals surface area contributed by atoms with E-state index in [1.54, 1.807) is 20.8 Å². The molecule has 9 heteroatoms. The van der Waals surface area contributed by atoms with Crippen LogP contribution in [0.1, 0.15) is 41.0 Å². The lowest BCUT2D eigenvalue weighted by Crippen LogP contribution is -2.67. The number of carbonyl (C=O) groups excluding carboxylic acids is 1. The van der Waals surface area contributed by atoms with E-state index in [-0.39, 0.29) is 0 Å². The van der Waals surface area contributed by atoms with Gasteiger partial charge in [0.25, 0.3) is 0 Å². The summed E-state index contributed by atoms with van der Waals surface area (Å²) in [5, 5.41) is 0.952. The van der Waals surface area contributed by atoms with Gasteiger partial charge in [-0.3, -0.25) is 5.32 Å². The van der Waals surface area contributed by atoms with E-state index in [4.69, 9.17) is 0 Å². The molecule has 0 fully saturated rings. The van der Waals surface area contributed by atoms with Gasteiger partial charge in [0.1, 0.15) is 6.10 Å². The van der Waals surface area contributed by atoms with Gasteiger partial charge in [-0.2, -0.15) is 26.3 Å². The van der Waals surface area contributed by atoms with Gasteiger partial charge in [0, 0.05) is 0 Å². The number of hydrogen-bond donors (Lipinski definition) is 1. The molecule has 0 radical (unpaired) electrons. The topological polar surface area (TPSA) is 38.3 Å². The normalized spacial score (nSPS) is 15.6. The van der Waals surface area contributed by atoms with E-state index in [0.29, 0.717) is 6.92 Å². The first-order valence-corrected chi connectivity index (χ1v) is 6.20. The molecule has 0 saturated heterocycles. The van der Waals surface area contributed by atoms with Gasteiger partial charge in [-0.15, -0.1) is 0 Å². The maximum atomic E-state index is 12.8. The summed E-state index contributed by atoms with van der Waals surface area (Å²) in [4.78, 5) is 11.4. The second-order valence-corrected chi connectivity index (χ2v) is 5.79. The number of hydrogen-bond acceptors (Lipinski definition) is 2. The van der Waals surface area contributed by atoms with Gasteiger partial charge in [0.15, 0.2) is 0 Å². The van der Waals surface area contributed by atoms with Gasteiger partial charge in [-0.25, -0.2) is 4.79 Å². The molecule has 0 aliphatic rings. The summed E-state index contributed by atoms with van der Waals surface area (Å²) in [7, 11) is 0. The van der Waals surface area contributed by atoms with Crippen LogP contribution in [0.5, 0.6) is 0 Å². The minimum atomic E-state index is -5.69. The number of amides is 1. The number of ether oxygens (including phenoxy) is 1. The van der Waals surface area contributed by atoms with E-state index in [2.05, 4.69) is 4.74 Å². The zero-order valence-electron chi connectivity index (χ0n) is 12.4. The van der Waals surface area contributed by atoms with Crippen molar-refractivity contribution < 1.29 is 35.9 Å². The summed E-state index contributed by atoms with van der Waals surface area (Å²) in [6.45, 7) is 6.96. The Bertz CT molecular complexity index is 355. The van der Waals surface area contributed by atoms with Crippen LogP contribution < -0.4 is 5.32 Å². The number of carbonyl (C=O) groups is 1. The fourth-order valence-electron chi connectivity index (χ4n) is 1.33. The molecule has 126 valence electrons. The number of rotatable bonds is 3. The Hall–Kier alpha value is -1.15. The van der Waals surface area contributed by atoms with Crippen molar-refractivity contribution in [3.63, 3.8) is 0 Å². The number of nitrogens with one attached hydrogen (secondary N) is 1. The van der Waals surface area contributed by atoms with Crippen molar-refractivity contribution in [3.8, 4) is 0 Å². The highest BCUT2D eigenvalue weighted by molar-refractivity contribution is 5.69. The fraction of sp³-hybridized carbons (Fsp3) is 0.917. The van der Waals surface area contributed by atoms with Crippen LogP contribution in [0.3, 0.4) is 0 Å². The van der Waals surface area contributed by atoms with Crippen LogP contribution in [0, 0.1) is 5.41 Å².